The summed E-state index contributed by atoms with van der Waals surface area (Å²) in [6.45, 7) is 0. The number of ketones is 3. The number of hydrogen-bond donors (Lipinski definition) is 5. The molecule has 6 rings (SSSR count). The second-order valence-corrected chi connectivity index (χ2v) is 14.3. The van der Waals surface area contributed by atoms with E-state index in [1.807, 2.05) is 24.3 Å². The number of aliphatic hydroxyl groups is 3. The minimum atomic E-state index is -2.70. The molecular formula is C38H42N2O10. The largest absolute Gasteiger partial charge is 0.508 e. The fourth-order valence-corrected chi connectivity index (χ4v) is 8.71. The Morgan fingerprint density at radius 2 is 1.64 bits per heavy atom. The van der Waals surface area contributed by atoms with Crippen LogP contribution in [0.4, 0.5) is 0 Å². The third-order valence-electron chi connectivity index (χ3n) is 11.2. The van der Waals surface area contributed by atoms with E-state index in [4.69, 9.17) is 10.5 Å². The van der Waals surface area contributed by atoms with Gasteiger partial charge in [-0.15, -0.1) is 0 Å². The highest BCUT2D eigenvalue weighted by Gasteiger charge is 2.64. The van der Waals surface area contributed by atoms with Crippen molar-refractivity contribution < 1.29 is 49.1 Å². The van der Waals surface area contributed by atoms with Gasteiger partial charge in [0.05, 0.1) is 24.6 Å². The van der Waals surface area contributed by atoms with Crippen molar-refractivity contribution in [1.82, 2.24) is 4.90 Å². The van der Waals surface area contributed by atoms with Crippen LogP contribution in [-0.4, -0.2) is 87.4 Å². The zero-order chi connectivity index (χ0) is 36.2. The van der Waals surface area contributed by atoms with Gasteiger partial charge in [0.1, 0.15) is 28.6 Å². The molecule has 0 saturated heterocycles. The third kappa shape index (κ3) is 5.69. The molecule has 0 aromatic heterocycles. The SMILES string of the molecule is COC(=O)C1CCC(CC(=O)Cc2ccc(-c3ccc(O)c4c3C[C@@H]3C[C@@H]5C(N(C)C)C(=O)C(C(N)=O)=C(O)[C@]5(O)C(=O)C3=C4O)cc2)CC1. The van der Waals surface area contributed by atoms with E-state index in [0.717, 1.165) is 36.8 Å². The van der Waals surface area contributed by atoms with Crippen LogP contribution in [0.3, 0.4) is 0 Å². The van der Waals surface area contributed by atoms with E-state index in [2.05, 4.69) is 0 Å². The Hall–Kier alpha value is -4.81. The maximum Gasteiger partial charge on any atom is 0.308 e. The van der Waals surface area contributed by atoms with Crippen molar-refractivity contribution in [3.8, 4) is 16.9 Å². The number of nitrogens with two attached hydrogens (primary N) is 1. The summed E-state index contributed by atoms with van der Waals surface area (Å²) in [5.74, 6) is -6.91. The van der Waals surface area contributed by atoms with Crippen molar-refractivity contribution in [3.63, 3.8) is 0 Å². The van der Waals surface area contributed by atoms with Crippen molar-refractivity contribution >= 4 is 35.0 Å². The smallest absolute Gasteiger partial charge is 0.308 e. The monoisotopic (exact) mass is 686 g/mol. The van der Waals surface area contributed by atoms with Gasteiger partial charge in [-0.25, -0.2) is 0 Å². The number of carbonyl (C=O) groups excluding carboxylic acids is 5. The van der Waals surface area contributed by atoms with Crippen molar-refractivity contribution in [3.05, 3.63) is 70.0 Å². The highest BCUT2D eigenvalue weighted by molar-refractivity contribution is 6.24. The van der Waals surface area contributed by atoms with Gasteiger partial charge in [-0.3, -0.25) is 28.9 Å². The molecule has 2 aromatic carbocycles. The van der Waals surface area contributed by atoms with Crippen LogP contribution in [0.1, 0.15) is 55.2 Å². The van der Waals surface area contributed by atoms with Crippen LogP contribution in [0.2, 0.25) is 0 Å². The number of methoxy groups -OCH3 is 1. The lowest BCUT2D eigenvalue weighted by Gasteiger charge is -2.50. The van der Waals surface area contributed by atoms with E-state index in [0.29, 0.717) is 17.5 Å². The first kappa shape index (κ1) is 35.0. The van der Waals surface area contributed by atoms with Gasteiger partial charge in [0.25, 0.3) is 5.91 Å². The Kier molecular flexibility index (Phi) is 9.21. The predicted molar refractivity (Wildman–Crippen MR) is 180 cm³/mol. The average Bonchev–Trinajstić information content (AvgIpc) is 3.06. The van der Waals surface area contributed by atoms with Gasteiger partial charge < -0.3 is 30.9 Å². The van der Waals surface area contributed by atoms with Crippen LogP contribution in [-0.2, 0) is 41.6 Å². The van der Waals surface area contributed by atoms with E-state index in [1.165, 1.54) is 18.1 Å². The maximum absolute atomic E-state index is 14.1. The average molecular weight is 687 g/mol. The Labute approximate surface area is 289 Å². The van der Waals surface area contributed by atoms with Gasteiger partial charge in [0.15, 0.2) is 11.4 Å². The lowest BCUT2D eigenvalue weighted by Crippen LogP contribution is -2.65. The van der Waals surface area contributed by atoms with E-state index < -0.39 is 58.0 Å². The molecule has 12 heteroatoms. The molecule has 264 valence electrons. The fourth-order valence-electron chi connectivity index (χ4n) is 8.71. The molecule has 1 amide bonds. The fraction of sp³-hybridized carbons (Fsp3) is 0.447. The molecule has 2 fully saturated rings. The first-order valence-electron chi connectivity index (χ1n) is 16.9. The molecule has 0 heterocycles. The normalized spacial score (nSPS) is 27.8. The van der Waals surface area contributed by atoms with Crippen LogP contribution in [0.5, 0.6) is 5.75 Å². The van der Waals surface area contributed by atoms with Gasteiger partial charge in [0, 0.05) is 24.3 Å². The number of phenols is 1. The van der Waals surface area contributed by atoms with Gasteiger partial charge >= 0.3 is 5.97 Å². The van der Waals surface area contributed by atoms with Crippen LogP contribution in [0, 0.1) is 23.7 Å². The molecule has 4 aliphatic carbocycles. The summed E-state index contributed by atoms with van der Waals surface area (Å²) in [6, 6.07) is 9.36. The van der Waals surface area contributed by atoms with Crippen molar-refractivity contribution in [2.45, 2.75) is 63.0 Å². The number of amides is 1. The third-order valence-corrected chi connectivity index (χ3v) is 11.2. The van der Waals surface area contributed by atoms with E-state index in [9.17, 15) is 44.4 Å². The minimum Gasteiger partial charge on any atom is -0.508 e. The first-order valence-corrected chi connectivity index (χ1v) is 16.9. The van der Waals surface area contributed by atoms with Crippen LogP contribution >= 0.6 is 0 Å². The van der Waals surface area contributed by atoms with E-state index >= 15 is 0 Å². The molecule has 6 N–H and O–H groups in total. The number of likely N-dealkylation sites (N-methyl/N-ethyl adjacent to an activating group) is 1. The number of esters is 1. The molecule has 1 unspecified atom stereocenters. The van der Waals surface area contributed by atoms with E-state index in [-0.39, 0.29) is 59.7 Å². The number of fused-ring (bicyclic) bond motifs is 3. The molecule has 0 radical (unpaired) electrons. The Morgan fingerprint density at radius 3 is 2.24 bits per heavy atom. The number of phenolic OH excluding ortho intramolecular Hbond substituents is 1. The van der Waals surface area contributed by atoms with Gasteiger partial charge in [-0.05, 0) is 92.8 Å². The second-order valence-electron chi connectivity index (χ2n) is 14.3. The summed E-state index contributed by atoms with van der Waals surface area (Å²) in [7, 11) is 4.50. The summed E-state index contributed by atoms with van der Waals surface area (Å²) < 4.78 is 4.86. The number of ether oxygens (including phenoxy) is 1. The maximum atomic E-state index is 14.1. The number of aromatic hydroxyl groups is 1. The Morgan fingerprint density at radius 1 is 0.980 bits per heavy atom. The summed E-state index contributed by atoms with van der Waals surface area (Å²) >= 11 is 0. The number of primary amides is 1. The predicted octanol–water partition coefficient (Wildman–Crippen LogP) is 3.11. The number of nitrogens with zero attached hydrogens (tertiary/aromatic N) is 1. The summed E-state index contributed by atoms with van der Waals surface area (Å²) in [6.07, 6.45) is 3.93. The Bertz CT molecular complexity index is 1850. The number of rotatable bonds is 8. The van der Waals surface area contributed by atoms with Gasteiger partial charge in [-0.2, -0.15) is 0 Å². The second kappa shape index (κ2) is 13.1. The summed E-state index contributed by atoms with van der Waals surface area (Å²) in [4.78, 5) is 65.9. The zero-order valence-corrected chi connectivity index (χ0v) is 28.3. The molecular weight excluding hydrogens is 644 g/mol. The molecule has 4 aliphatic rings. The van der Waals surface area contributed by atoms with E-state index in [1.54, 1.807) is 20.2 Å². The van der Waals surface area contributed by atoms with Crippen molar-refractivity contribution in [2.75, 3.05) is 21.2 Å². The first-order chi connectivity index (χ1) is 23.7. The highest BCUT2D eigenvalue weighted by atomic mass is 16.5. The lowest BCUT2D eigenvalue weighted by molar-refractivity contribution is -0.153. The molecule has 2 saturated carbocycles. The molecule has 50 heavy (non-hydrogen) atoms. The number of hydrogen-bond acceptors (Lipinski definition) is 11. The number of Topliss-reactive ketones (excluding diaryl/α,β-unsaturated/α-hetero) is 3. The van der Waals surface area contributed by atoms with Crippen molar-refractivity contribution in [1.29, 1.82) is 0 Å². The number of benzene rings is 2. The van der Waals surface area contributed by atoms with Crippen LogP contribution in [0.25, 0.3) is 16.9 Å². The molecule has 2 aromatic rings. The Balaban J connectivity index is 1.27. The molecule has 0 spiro atoms. The zero-order valence-electron chi connectivity index (χ0n) is 28.3. The standard InChI is InChI=1S/C38H42N2O10/c1-40(2)31-26-17-22-16-25-24(20-8-4-18(5-9-20)14-23(41)15-19-6-10-21(11-7-19)37(48)50-3)12-13-27(42)29(25)32(43)28(22)34(45)38(26,49)35(46)30(33(31)44)36(39)47/h4-5,8-9,12-13,19,21-22,26,31,42-43,46,49H,6-7,10-11,14-17H2,1-3H3,(H2,39,47)/t19?,21?,22-,26-,31?,38-/m1/s1. The summed E-state index contributed by atoms with van der Waals surface area (Å²) in [5, 5.41) is 45.3. The minimum absolute atomic E-state index is 0.00769. The van der Waals surface area contributed by atoms with Crippen LogP contribution < -0.4 is 5.73 Å². The molecule has 0 aliphatic heterocycles. The topological polar surface area (TPSA) is 205 Å². The molecule has 12 nitrogen and oxygen atoms in total. The van der Waals surface area contributed by atoms with Gasteiger partial charge in [-0.1, -0.05) is 30.3 Å². The quantitative estimate of drug-likeness (QED) is 0.202. The number of carbonyl (C=O) groups is 5. The highest BCUT2D eigenvalue weighted by Crippen LogP contribution is 2.53. The number of aliphatic hydroxyl groups excluding tert-OH is 2. The van der Waals surface area contributed by atoms with Crippen LogP contribution in [0.15, 0.2) is 53.3 Å². The molecule has 4 atom stereocenters. The lowest BCUT2D eigenvalue weighted by atomic mass is 9.57. The molecule has 0 bridgehead atoms. The van der Waals surface area contributed by atoms with Crippen molar-refractivity contribution in [2.24, 2.45) is 29.4 Å². The van der Waals surface area contributed by atoms with Gasteiger partial charge in [0.2, 0.25) is 5.78 Å². The summed E-state index contributed by atoms with van der Waals surface area (Å²) in [5.41, 5.74) is 4.46.